The van der Waals surface area contributed by atoms with Gasteiger partial charge in [-0.3, -0.25) is 14.4 Å². The first-order chi connectivity index (χ1) is 13.9. The molecule has 0 fully saturated rings. The molecule has 9 heteroatoms. The summed E-state index contributed by atoms with van der Waals surface area (Å²) in [4.78, 5) is 73.8. The summed E-state index contributed by atoms with van der Waals surface area (Å²) < 4.78 is 2.29. The molecule has 0 radical (unpaired) electrons. The summed E-state index contributed by atoms with van der Waals surface area (Å²) in [5, 5.41) is 0. The van der Waals surface area contributed by atoms with E-state index in [1.165, 1.54) is 20.8 Å². The fourth-order valence-corrected chi connectivity index (χ4v) is 2.54. The van der Waals surface area contributed by atoms with Gasteiger partial charge in [0.2, 0.25) is 0 Å². The van der Waals surface area contributed by atoms with Crippen LogP contribution in [0.2, 0.25) is 0 Å². The normalized spacial score (nSPS) is 10.5. The highest BCUT2D eigenvalue weighted by atomic mass is 16.2. The summed E-state index contributed by atoms with van der Waals surface area (Å²) in [7, 11) is 0. The first-order valence-corrected chi connectivity index (χ1v) is 9.39. The monoisotopic (exact) mass is 417 g/mol. The van der Waals surface area contributed by atoms with Crippen LogP contribution in [0.25, 0.3) is 0 Å². The average Bonchev–Trinajstić information content (AvgIpc) is 2.66. The Morgan fingerprint density at radius 3 is 0.933 bits per heavy atom. The smallest absolute Gasteiger partial charge is 0.295 e. The molecule has 0 aromatic carbocycles. The molecule has 0 spiro atoms. The van der Waals surface area contributed by atoms with Gasteiger partial charge < -0.3 is 0 Å². The lowest BCUT2D eigenvalue weighted by atomic mass is 10.1. The number of ketones is 3. The largest absolute Gasteiger partial charge is 0.336 e. The van der Waals surface area contributed by atoms with Crippen LogP contribution in [-0.2, 0) is 34.0 Å². The molecular weight excluding hydrogens is 390 g/mol. The van der Waals surface area contributed by atoms with Crippen LogP contribution >= 0.6 is 0 Å². The van der Waals surface area contributed by atoms with E-state index in [0.29, 0.717) is 0 Å². The number of allylic oxidation sites excluding steroid dienone is 3. The molecule has 0 saturated carbocycles. The maximum Gasteiger partial charge on any atom is 0.336 e. The molecule has 30 heavy (non-hydrogen) atoms. The van der Waals surface area contributed by atoms with Gasteiger partial charge in [0.15, 0.2) is 17.3 Å². The zero-order valence-electron chi connectivity index (χ0n) is 17.7. The molecule has 0 aliphatic rings. The standard InChI is InChI=1S/C21H27N3O6/c1-13(2)16(25)7-10-22-19(28)23(11-8-17(26)14(3)4)21(30)24(20(22)29)12-9-18(27)15(5)6/h1,3,5,7-12H2,2,4,6H3. The number of nitrogens with zero attached hydrogens (tertiary/aromatic N) is 3. The summed E-state index contributed by atoms with van der Waals surface area (Å²) in [5.41, 5.74) is -1.94. The Bertz CT molecular complexity index is 929. The van der Waals surface area contributed by atoms with Gasteiger partial charge in [0.05, 0.1) is 0 Å². The Morgan fingerprint density at radius 2 is 0.767 bits per heavy atom. The van der Waals surface area contributed by atoms with Gasteiger partial charge in [-0.2, -0.15) is 0 Å². The SMILES string of the molecule is C=C(C)C(=O)CCn1c(=O)n(CCC(=O)C(=C)C)c(=O)n(CCC(=O)C(=C)C)c1=O. The van der Waals surface area contributed by atoms with E-state index in [2.05, 4.69) is 19.7 Å². The molecule has 0 amide bonds. The minimum absolute atomic E-state index is 0.155. The van der Waals surface area contributed by atoms with Crippen LogP contribution in [0.5, 0.6) is 0 Å². The lowest BCUT2D eigenvalue weighted by molar-refractivity contribution is -0.116. The fraction of sp³-hybridized carbons (Fsp3) is 0.429. The molecule has 1 rings (SSSR count). The van der Waals surface area contributed by atoms with Gasteiger partial charge in [0, 0.05) is 38.9 Å². The van der Waals surface area contributed by atoms with E-state index in [0.717, 1.165) is 13.7 Å². The molecule has 162 valence electrons. The highest BCUT2D eigenvalue weighted by molar-refractivity contribution is 5.94. The number of Topliss-reactive ketones (excluding diaryl/α,β-unsaturated/α-hetero) is 3. The molecule has 0 aliphatic carbocycles. The van der Waals surface area contributed by atoms with Crippen molar-refractivity contribution in [3.63, 3.8) is 0 Å². The number of aromatic nitrogens is 3. The maximum absolute atomic E-state index is 12.7. The summed E-state index contributed by atoms with van der Waals surface area (Å²) >= 11 is 0. The molecule has 1 aromatic rings. The van der Waals surface area contributed by atoms with Crippen molar-refractivity contribution in [2.45, 2.75) is 59.7 Å². The zero-order chi connectivity index (χ0) is 23.2. The van der Waals surface area contributed by atoms with E-state index in [1.54, 1.807) is 0 Å². The summed E-state index contributed by atoms with van der Waals surface area (Å²) in [6.45, 7) is 14.3. The van der Waals surface area contributed by atoms with E-state index in [9.17, 15) is 28.8 Å². The number of hydrogen-bond donors (Lipinski definition) is 0. The third kappa shape index (κ3) is 6.07. The van der Waals surface area contributed by atoms with E-state index in [-0.39, 0.29) is 73.0 Å². The van der Waals surface area contributed by atoms with Gasteiger partial charge in [0.25, 0.3) is 0 Å². The molecule has 0 N–H and O–H groups in total. The first kappa shape index (κ1) is 24.7. The van der Waals surface area contributed by atoms with Crippen LogP contribution in [-0.4, -0.2) is 31.1 Å². The van der Waals surface area contributed by atoms with Crippen molar-refractivity contribution >= 4 is 17.3 Å². The first-order valence-electron chi connectivity index (χ1n) is 9.39. The van der Waals surface area contributed by atoms with Crippen LogP contribution in [0, 0.1) is 0 Å². The third-order valence-corrected chi connectivity index (χ3v) is 4.50. The molecule has 0 bridgehead atoms. The molecule has 0 saturated heterocycles. The van der Waals surface area contributed by atoms with Crippen molar-refractivity contribution < 1.29 is 14.4 Å². The Balaban J connectivity index is 3.45. The van der Waals surface area contributed by atoms with E-state index in [1.807, 2.05) is 0 Å². The number of carbonyl (C=O) groups is 3. The molecule has 0 unspecified atom stereocenters. The van der Waals surface area contributed by atoms with Crippen molar-refractivity contribution in [1.82, 2.24) is 13.7 Å². The molecule has 0 atom stereocenters. The second-order valence-electron chi connectivity index (χ2n) is 7.16. The van der Waals surface area contributed by atoms with Crippen LogP contribution in [0.4, 0.5) is 0 Å². The van der Waals surface area contributed by atoms with Gasteiger partial charge in [-0.1, -0.05) is 19.7 Å². The van der Waals surface area contributed by atoms with Crippen molar-refractivity contribution in [1.29, 1.82) is 0 Å². The van der Waals surface area contributed by atoms with Crippen LogP contribution in [0.1, 0.15) is 40.0 Å². The Kier molecular flexibility index (Phi) is 8.58. The second kappa shape index (κ2) is 10.4. The summed E-state index contributed by atoms with van der Waals surface area (Å²) in [5.74, 6) is -0.999. The highest BCUT2D eigenvalue weighted by Gasteiger charge is 2.18. The topological polar surface area (TPSA) is 117 Å². The van der Waals surface area contributed by atoms with Crippen LogP contribution in [0.3, 0.4) is 0 Å². The number of rotatable bonds is 12. The van der Waals surface area contributed by atoms with Crippen LogP contribution < -0.4 is 17.1 Å². The van der Waals surface area contributed by atoms with Crippen molar-refractivity contribution in [3.05, 3.63) is 67.9 Å². The zero-order valence-corrected chi connectivity index (χ0v) is 17.7. The minimum atomic E-state index is -0.920. The highest BCUT2D eigenvalue weighted by Crippen LogP contribution is 1.99. The van der Waals surface area contributed by atoms with E-state index >= 15 is 0 Å². The molecule has 1 heterocycles. The number of hydrogen-bond acceptors (Lipinski definition) is 6. The molecular formula is C21H27N3O6. The second-order valence-corrected chi connectivity index (χ2v) is 7.16. The Labute approximate surface area is 173 Å². The quantitative estimate of drug-likeness (QED) is 0.464. The van der Waals surface area contributed by atoms with Crippen LogP contribution in [0.15, 0.2) is 50.8 Å². The molecule has 1 aromatic heterocycles. The van der Waals surface area contributed by atoms with Gasteiger partial charge in [-0.05, 0) is 37.5 Å². The molecule has 0 aliphatic heterocycles. The molecule has 9 nitrogen and oxygen atoms in total. The van der Waals surface area contributed by atoms with Gasteiger partial charge >= 0.3 is 17.1 Å². The van der Waals surface area contributed by atoms with Gasteiger partial charge in [0.1, 0.15) is 0 Å². The van der Waals surface area contributed by atoms with Gasteiger partial charge in [-0.25, -0.2) is 28.1 Å². The number of carbonyl (C=O) groups excluding carboxylic acids is 3. The lowest BCUT2D eigenvalue weighted by Crippen LogP contribution is -2.55. The average molecular weight is 417 g/mol. The Hall–Kier alpha value is -3.36. The lowest BCUT2D eigenvalue weighted by Gasteiger charge is -2.13. The van der Waals surface area contributed by atoms with Crippen molar-refractivity contribution in [2.75, 3.05) is 0 Å². The summed E-state index contributed by atoms with van der Waals surface area (Å²) in [6.07, 6.45) is -0.464. The fourth-order valence-electron chi connectivity index (χ4n) is 2.54. The predicted molar refractivity (Wildman–Crippen MR) is 113 cm³/mol. The van der Waals surface area contributed by atoms with Gasteiger partial charge in [-0.15, -0.1) is 0 Å². The third-order valence-electron chi connectivity index (χ3n) is 4.50. The minimum Gasteiger partial charge on any atom is -0.295 e. The van der Waals surface area contributed by atoms with Crippen molar-refractivity contribution in [3.8, 4) is 0 Å². The van der Waals surface area contributed by atoms with E-state index < -0.39 is 17.1 Å². The predicted octanol–water partition coefficient (Wildman–Crippen LogP) is 0.778. The van der Waals surface area contributed by atoms with Crippen molar-refractivity contribution in [2.24, 2.45) is 0 Å². The maximum atomic E-state index is 12.7. The summed E-state index contributed by atoms with van der Waals surface area (Å²) in [6, 6.07) is 0. The van der Waals surface area contributed by atoms with E-state index in [4.69, 9.17) is 0 Å². The Morgan fingerprint density at radius 1 is 0.567 bits per heavy atom.